The number of hydrogen-bond donors (Lipinski definition) is 3. The van der Waals surface area contributed by atoms with Gasteiger partial charge in [0, 0.05) is 6.42 Å². The van der Waals surface area contributed by atoms with Crippen molar-refractivity contribution in [3.05, 3.63) is 33.3 Å². The number of ether oxygens (including phenoxy) is 1. The molecule has 1 aromatic rings. The quantitative estimate of drug-likeness (QED) is 0.634. The van der Waals surface area contributed by atoms with Crippen LogP contribution in [0.1, 0.15) is 36.6 Å². The van der Waals surface area contributed by atoms with Gasteiger partial charge in [-0.1, -0.05) is 11.6 Å². The minimum atomic E-state index is -0.997. The monoisotopic (exact) mass is 297 g/mol. The molecule has 6 N–H and O–H groups in total. The van der Waals surface area contributed by atoms with Crippen LogP contribution in [0.25, 0.3) is 0 Å². The maximum atomic E-state index is 11.5. The Bertz CT molecular complexity index is 626. The van der Waals surface area contributed by atoms with Gasteiger partial charge >= 0.3 is 0 Å². The van der Waals surface area contributed by atoms with Crippen LogP contribution < -0.4 is 17.2 Å². The van der Waals surface area contributed by atoms with Crippen LogP contribution in [0.15, 0.2) is 6.07 Å². The van der Waals surface area contributed by atoms with Gasteiger partial charge in [-0.25, -0.2) is 0 Å². The van der Waals surface area contributed by atoms with Crippen molar-refractivity contribution in [1.29, 1.82) is 0 Å². The topological polar surface area (TPSA) is 142 Å². The fraction of sp³-hybridized carbons (Fsp3) is 0.250. The van der Waals surface area contributed by atoms with E-state index in [2.05, 4.69) is 0 Å². The summed E-state index contributed by atoms with van der Waals surface area (Å²) in [5.41, 5.74) is 15.3. The normalized spacial score (nSPS) is 16.8. The average molecular weight is 298 g/mol. The van der Waals surface area contributed by atoms with Crippen LogP contribution in [0.3, 0.4) is 0 Å². The minimum Gasteiger partial charge on any atom is -0.373 e. The van der Waals surface area contributed by atoms with Crippen molar-refractivity contribution in [1.82, 2.24) is 0 Å². The van der Waals surface area contributed by atoms with Gasteiger partial charge in [-0.05, 0) is 11.6 Å². The lowest BCUT2D eigenvalue weighted by Crippen LogP contribution is -2.27. The molecule has 0 aliphatic carbocycles. The van der Waals surface area contributed by atoms with Crippen LogP contribution in [-0.2, 0) is 11.2 Å². The first-order chi connectivity index (χ1) is 9.32. The lowest BCUT2D eigenvalue weighted by Gasteiger charge is -2.14. The Morgan fingerprint density at radius 2 is 1.70 bits per heavy atom. The Labute approximate surface area is 119 Å². The molecule has 7 nitrogen and oxygen atoms in total. The number of nitrogens with two attached hydrogens (primary N) is 3. The number of amides is 3. The van der Waals surface area contributed by atoms with Crippen molar-refractivity contribution in [3.8, 4) is 0 Å². The van der Waals surface area contributed by atoms with E-state index < -0.39 is 17.7 Å². The number of carbonyl (C=O) groups excluding carboxylic acids is 3. The number of halogens is 1. The highest BCUT2D eigenvalue weighted by Gasteiger charge is 2.29. The Kier molecular flexibility index (Phi) is 3.65. The minimum absolute atomic E-state index is 0.00759. The van der Waals surface area contributed by atoms with Crippen LogP contribution in [0.2, 0.25) is 5.02 Å². The Morgan fingerprint density at radius 1 is 1.15 bits per heavy atom. The molecule has 0 radical (unpaired) electrons. The van der Waals surface area contributed by atoms with Gasteiger partial charge in [0.1, 0.15) is 0 Å². The number of carbonyl (C=O) groups is 3. The molecular weight excluding hydrogens is 286 g/mol. The van der Waals surface area contributed by atoms with Crippen molar-refractivity contribution >= 4 is 29.3 Å². The highest BCUT2D eigenvalue weighted by atomic mass is 35.5. The molecule has 106 valence electrons. The predicted octanol–water partition coefficient (Wildman–Crippen LogP) is -0.422. The molecule has 1 heterocycles. The molecule has 1 aromatic carbocycles. The van der Waals surface area contributed by atoms with Crippen molar-refractivity contribution in [2.24, 2.45) is 17.2 Å². The molecule has 1 saturated heterocycles. The Morgan fingerprint density at radius 3 is 2.10 bits per heavy atom. The molecular formula is C12H12ClN3O4. The average Bonchev–Trinajstić information content (AvgIpc) is 3.13. The third-order valence-electron chi connectivity index (χ3n) is 2.95. The summed E-state index contributed by atoms with van der Waals surface area (Å²) in [6.45, 7) is 0.561. The van der Waals surface area contributed by atoms with E-state index in [-0.39, 0.29) is 27.8 Å². The van der Waals surface area contributed by atoms with Crippen LogP contribution in [0.4, 0.5) is 0 Å². The lowest BCUT2D eigenvalue weighted by molar-refractivity contribution is 0.0954. The van der Waals surface area contributed by atoms with Crippen LogP contribution in [0.5, 0.6) is 0 Å². The summed E-state index contributed by atoms with van der Waals surface area (Å²) in [5.74, 6) is -2.84. The highest BCUT2D eigenvalue weighted by Crippen LogP contribution is 2.30. The Balaban J connectivity index is 2.71. The molecule has 0 saturated carbocycles. The van der Waals surface area contributed by atoms with E-state index in [1.807, 2.05) is 0 Å². The second-order valence-electron chi connectivity index (χ2n) is 4.40. The van der Waals surface area contributed by atoms with E-state index in [1.165, 1.54) is 6.07 Å². The third kappa shape index (κ3) is 2.59. The summed E-state index contributed by atoms with van der Waals surface area (Å²) in [7, 11) is 0. The van der Waals surface area contributed by atoms with Gasteiger partial charge in [-0.3, -0.25) is 14.4 Å². The molecule has 3 amide bonds. The summed E-state index contributed by atoms with van der Waals surface area (Å²) in [4.78, 5) is 34.4. The fourth-order valence-electron chi connectivity index (χ4n) is 1.98. The molecule has 1 atom stereocenters. The maximum absolute atomic E-state index is 11.5. The van der Waals surface area contributed by atoms with Crippen molar-refractivity contribution in [3.63, 3.8) is 0 Å². The van der Waals surface area contributed by atoms with E-state index in [0.717, 1.165) is 0 Å². The number of rotatable bonds is 5. The van der Waals surface area contributed by atoms with Crippen LogP contribution >= 0.6 is 11.6 Å². The van der Waals surface area contributed by atoms with Gasteiger partial charge in [0.15, 0.2) is 0 Å². The number of epoxide rings is 1. The second kappa shape index (κ2) is 5.10. The smallest absolute Gasteiger partial charge is 0.251 e. The fourth-order valence-corrected chi connectivity index (χ4v) is 2.30. The molecule has 1 aliphatic heterocycles. The van der Waals surface area contributed by atoms with Crippen molar-refractivity contribution in [2.45, 2.75) is 12.5 Å². The van der Waals surface area contributed by atoms with Crippen LogP contribution in [0, 0.1) is 0 Å². The largest absolute Gasteiger partial charge is 0.373 e. The van der Waals surface area contributed by atoms with Gasteiger partial charge < -0.3 is 21.9 Å². The first-order valence-corrected chi connectivity index (χ1v) is 6.07. The predicted molar refractivity (Wildman–Crippen MR) is 70.4 cm³/mol. The summed E-state index contributed by atoms with van der Waals surface area (Å²) < 4.78 is 5.06. The molecule has 0 aromatic heterocycles. The van der Waals surface area contributed by atoms with Gasteiger partial charge in [0.2, 0.25) is 11.8 Å². The molecule has 0 spiro atoms. The van der Waals surface area contributed by atoms with Crippen LogP contribution in [-0.4, -0.2) is 30.4 Å². The van der Waals surface area contributed by atoms with E-state index in [0.29, 0.717) is 18.6 Å². The van der Waals surface area contributed by atoms with Gasteiger partial charge in [0.05, 0.1) is 34.4 Å². The zero-order chi connectivity index (χ0) is 15.0. The number of hydrogen-bond acceptors (Lipinski definition) is 4. The highest BCUT2D eigenvalue weighted by molar-refractivity contribution is 6.36. The molecule has 8 heteroatoms. The summed E-state index contributed by atoms with van der Waals surface area (Å²) >= 11 is 6.09. The molecule has 1 unspecified atom stereocenters. The first-order valence-electron chi connectivity index (χ1n) is 5.69. The molecule has 2 rings (SSSR count). The van der Waals surface area contributed by atoms with E-state index in [1.54, 1.807) is 0 Å². The lowest BCUT2D eigenvalue weighted by atomic mass is 9.94. The number of primary amides is 3. The van der Waals surface area contributed by atoms with Gasteiger partial charge in [0.25, 0.3) is 5.91 Å². The third-order valence-corrected chi connectivity index (χ3v) is 3.38. The molecule has 20 heavy (non-hydrogen) atoms. The second-order valence-corrected chi connectivity index (χ2v) is 4.78. The van der Waals surface area contributed by atoms with E-state index in [9.17, 15) is 14.4 Å². The number of benzene rings is 1. The van der Waals surface area contributed by atoms with Gasteiger partial charge in [-0.15, -0.1) is 0 Å². The summed E-state index contributed by atoms with van der Waals surface area (Å²) in [5, 5.41) is -0.00759. The maximum Gasteiger partial charge on any atom is 0.251 e. The zero-order valence-corrected chi connectivity index (χ0v) is 11.1. The first kappa shape index (κ1) is 14.3. The molecule has 1 fully saturated rings. The molecule has 1 aliphatic rings. The summed E-state index contributed by atoms with van der Waals surface area (Å²) in [6.07, 6.45) is 0.353. The van der Waals surface area contributed by atoms with Crippen molar-refractivity contribution < 1.29 is 19.1 Å². The van der Waals surface area contributed by atoms with E-state index >= 15 is 0 Å². The van der Waals surface area contributed by atoms with Crippen molar-refractivity contribution in [2.75, 3.05) is 6.61 Å². The standard InChI is InChI=1S/C12H12ClN3O4/c13-9-4(1-5-3-20-5)2-6(10(14)17)7(11(15)18)8(9)12(16)19/h2,5H,1,3H2,(H2,14,17)(H2,15,18)(H2,16,19). The SMILES string of the molecule is NC(=O)c1cc(CC2CO2)c(Cl)c(C(N)=O)c1C(N)=O. The summed E-state index contributed by atoms with van der Waals surface area (Å²) in [6, 6.07) is 1.35. The van der Waals surface area contributed by atoms with Gasteiger partial charge in [-0.2, -0.15) is 0 Å². The zero-order valence-electron chi connectivity index (χ0n) is 10.3. The van der Waals surface area contributed by atoms with E-state index in [4.69, 9.17) is 33.5 Å². The Hall–Kier alpha value is -2.12. The molecule has 0 bridgehead atoms.